The Balaban J connectivity index is 0.000000196. The largest absolute Gasteiger partial charge is 0.361 e. The van der Waals surface area contributed by atoms with Crippen molar-refractivity contribution in [3.05, 3.63) is 66.1 Å². The fourth-order valence-corrected chi connectivity index (χ4v) is 1.66. The monoisotopic (exact) mass is 282 g/mol. The maximum Gasteiger partial charge on any atom is 0.151 e. The molecule has 4 N–H and O–H groups in total. The number of fused-ring (bicyclic) bond motifs is 1. The fourth-order valence-electron chi connectivity index (χ4n) is 1.66. The van der Waals surface area contributed by atoms with Crippen LogP contribution >= 0.6 is 0 Å². The van der Waals surface area contributed by atoms with Crippen LogP contribution in [0, 0.1) is 5.41 Å². The maximum atomic E-state index is 9.97. The molecule has 0 saturated carbocycles. The van der Waals surface area contributed by atoms with Gasteiger partial charge in [-0.25, -0.2) is 0 Å². The molecule has 0 atom stereocenters. The zero-order chi connectivity index (χ0) is 15.5. The first kappa shape index (κ1) is 16.3. The van der Waals surface area contributed by atoms with Crippen LogP contribution in [-0.4, -0.2) is 29.5 Å². The molecule has 0 bridgehead atoms. The second-order valence-electron chi connectivity index (χ2n) is 3.84. The van der Waals surface area contributed by atoms with Gasteiger partial charge in [-0.05, 0) is 25.2 Å². The first-order valence-corrected chi connectivity index (χ1v) is 6.34. The van der Waals surface area contributed by atoms with Crippen molar-refractivity contribution in [2.75, 3.05) is 7.05 Å². The zero-order valence-electron chi connectivity index (χ0n) is 11.8. The Hall–Kier alpha value is -2.79. The Kier molecular flexibility index (Phi) is 7.10. The number of nitrogens with two attached hydrogens (primary N) is 1. The number of nitrogens with one attached hydrogen (secondary N) is 2. The van der Waals surface area contributed by atoms with E-state index in [0.29, 0.717) is 5.56 Å². The molecule has 0 radical (unpaired) electrons. The summed E-state index contributed by atoms with van der Waals surface area (Å²) in [7, 11) is 1.50. The van der Waals surface area contributed by atoms with E-state index < -0.39 is 0 Å². The molecule has 0 saturated heterocycles. The minimum absolute atomic E-state index is 0.618. The number of nitrogens with zero attached hydrogens (tertiary/aromatic N) is 1. The van der Waals surface area contributed by atoms with Gasteiger partial charge in [0, 0.05) is 46.8 Å². The van der Waals surface area contributed by atoms with Gasteiger partial charge in [-0.2, -0.15) is 0 Å². The van der Waals surface area contributed by atoms with E-state index in [4.69, 9.17) is 5.41 Å². The second kappa shape index (κ2) is 9.17. The summed E-state index contributed by atoms with van der Waals surface area (Å²) in [6, 6.07) is 11.4. The van der Waals surface area contributed by atoms with Crippen molar-refractivity contribution >= 4 is 23.4 Å². The molecular formula is C16H18N4O. The zero-order valence-corrected chi connectivity index (χ0v) is 11.8. The number of carbonyl (C=O) groups is 1. The van der Waals surface area contributed by atoms with Crippen LogP contribution in [0.15, 0.2) is 55.0 Å². The third-order valence-electron chi connectivity index (χ3n) is 2.60. The van der Waals surface area contributed by atoms with Crippen LogP contribution in [0.2, 0.25) is 0 Å². The highest BCUT2D eigenvalue weighted by atomic mass is 16.1. The summed E-state index contributed by atoms with van der Waals surface area (Å²) >= 11 is 0. The Morgan fingerprint density at radius 2 is 1.95 bits per heavy atom. The maximum absolute atomic E-state index is 9.97. The molecule has 2 heterocycles. The van der Waals surface area contributed by atoms with Crippen molar-refractivity contribution in [1.82, 2.24) is 9.97 Å². The second-order valence-corrected chi connectivity index (χ2v) is 3.84. The number of para-hydroxylation sites is 1. The Bertz CT molecular complexity index is 677. The highest BCUT2D eigenvalue weighted by molar-refractivity contribution is 5.97. The number of aromatic amines is 1. The lowest BCUT2D eigenvalue weighted by molar-refractivity contribution is 0.112. The van der Waals surface area contributed by atoms with Gasteiger partial charge in [0.25, 0.3) is 0 Å². The van der Waals surface area contributed by atoms with E-state index in [-0.39, 0.29) is 0 Å². The first-order valence-electron chi connectivity index (χ1n) is 6.34. The van der Waals surface area contributed by atoms with E-state index in [1.165, 1.54) is 19.5 Å². The summed E-state index contributed by atoms with van der Waals surface area (Å²) in [6.45, 7) is 0. The van der Waals surface area contributed by atoms with Gasteiger partial charge < -0.3 is 16.1 Å². The predicted octanol–water partition coefficient (Wildman–Crippen LogP) is 2.63. The molecule has 0 unspecified atom stereocenters. The van der Waals surface area contributed by atoms with Crippen molar-refractivity contribution in [1.29, 1.82) is 5.41 Å². The van der Waals surface area contributed by atoms with Crippen LogP contribution in [0.4, 0.5) is 0 Å². The van der Waals surface area contributed by atoms with Gasteiger partial charge in [-0.3, -0.25) is 9.78 Å². The normalized spacial score (nSPS) is 8.86. The lowest BCUT2D eigenvalue weighted by Gasteiger charge is -1.87. The van der Waals surface area contributed by atoms with Gasteiger partial charge in [0.05, 0.1) is 0 Å². The van der Waals surface area contributed by atoms with Gasteiger partial charge in [-0.15, -0.1) is 0 Å². The fraction of sp³-hybridized carbons (Fsp3) is 0.0625. The minimum Gasteiger partial charge on any atom is -0.361 e. The van der Waals surface area contributed by atoms with E-state index in [1.807, 2.05) is 30.5 Å². The van der Waals surface area contributed by atoms with E-state index in [2.05, 4.69) is 15.7 Å². The number of hydrogen-bond acceptors (Lipinski definition) is 4. The number of H-pyrrole nitrogens is 1. The number of benzene rings is 1. The quantitative estimate of drug-likeness (QED) is 0.498. The molecule has 3 aromatic rings. The predicted molar refractivity (Wildman–Crippen MR) is 85.9 cm³/mol. The Morgan fingerprint density at radius 3 is 2.52 bits per heavy atom. The average Bonchev–Trinajstić information content (AvgIpc) is 3.01. The van der Waals surface area contributed by atoms with E-state index in [9.17, 15) is 4.79 Å². The third-order valence-corrected chi connectivity index (χ3v) is 2.60. The van der Waals surface area contributed by atoms with Crippen LogP contribution in [0.3, 0.4) is 0 Å². The van der Waals surface area contributed by atoms with Gasteiger partial charge >= 0.3 is 0 Å². The van der Waals surface area contributed by atoms with Gasteiger partial charge in [0.2, 0.25) is 0 Å². The summed E-state index contributed by atoms with van der Waals surface area (Å²) in [5.41, 5.74) is 7.15. The molecular weight excluding hydrogens is 264 g/mol. The number of pyridine rings is 1. The summed E-state index contributed by atoms with van der Waals surface area (Å²) in [5.74, 6) is 0. The summed E-state index contributed by atoms with van der Waals surface area (Å²) in [4.78, 5) is 16.8. The molecule has 5 nitrogen and oxygen atoms in total. The van der Waals surface area contributed by atoms with E-state index >= 15 is 0 Å². The minimum atomic E-state index is 0.618. The van der Waals surface area contributed by atoms with Gasteiger partial charge in [0.1, 0.15) is 0 Å². The molecule has 5 heteroatoms. The molecule has 108 valence electrons. The highest BCUT2D eigenvalue weighted by Gasteiger charge is 1.97. The number of hydrogen-bond donors (Lipinski definition) is 3. The van der Waals surface area contributed by atoms with E-state index in [1.54, 1.807) is 18.3 Å². The number of aldehydes is 1. The van der Waals surface area contributed by atoms with Gasteiger partial charge in [0.15, 0.2) is 6.29 Å². The van der Waals surface area contributed by atoms with Crippen LogP contribution in [-0.2, 0) is 0 Å². The molecule has 3 rings (SSSR count). The van der Waals surface area contributed by atoms with Crippen LogP contribution in [0.5, 0.6) is 0 Å². The number of rotatable bonds is 2. The molecule has 0 spiro atoms. The van der Waals surface area contributed by atoms with Crippen molar-refractivity contribution in [2.45, 2.75) is 0 Å². The molecule has 0 aliphatic rings. The van der Waals surface area contributed by atoms with Gasteiger partial charge in [-0.1, -0.05) is 18.2 Å². The third kappa shape index (κ3) is 4.67. The molecule has 0 fully saturated rings. The molecule has 21 heavy (non-hydrogen) atoms. The lowest BCUT2D eigenvalue weighted by Crippen LogP contribution is -1.77. The Morgan fingerprint density at radius 1 is 1.19 bits per heavy atom. The van der Waals surface area contributed by atoms with Crippen molar-refractivity contribution in [3.63, 3.8) is 0 Å². The Labute approximate surface area is 123 Å². The SMILES string of the molecule is CN.N=Cc1c[nH]c2ccccc12.O=Cc1cccnc1. The average molecular weight is 282 g/mol. The highest BCUT2D eigenvalue weighted by Crippen LogP contribution is 2.14. The topological polar surface area (TPSA) is 95.6 Å². The van der Waals surface area contributed by atoms with Crippen LogP contribution in [0.1, 0.15) is 15.9 Å². The number of aromatic nitrogens is 2. The summed E-state index contributed by atoms with van der Waals surface area (Å²) in [6.07, 6.45) is 7.13. The molecule has 0 aliphatic carbocycles. The molecule has 0 amide bonds. The van der Waals surface area contributed by atoms with Crippen molar-refractivity contribution in [3.8, 4) is 0 Å². The van der Waals surface area contributed by atoms with Crippen LogP contribution < -0.4 is 5.73 Å². The standard InChI is InChI=1S/C9H8N2.C6H5NO.CH5N/c10-5-7-6-11-9-4-2-1-3-8(7)9;8-5-6-2-1-3-7-4-6;1-2/h1-6,10-11H;1-5H;2H2,1H3. The summed E-state index contributed by atoms with van der Waals surface area (Å²) < 4.78 is 0. The first-order chi connectivity index (χ1) is 10.3. The number of carbonyl (C=O) groups excluding carboxylic acids is 1. The van der Waals surface area contributed by atoms with Crippen molar-refractivity contribution < 1.29 is 4.79 Å². The van der Waals surface area contributed by atoms with Crippen LogP contribution in [0.25, 0.3) is 10.9 Å². The molecule has 2 aromatic heterocycles. The molecule has 0 aliphatic heterocycles. The molecule has 1 aromatic carbocycles. The smallest absolute Gasteiger partial charge is 0.151 e. The van der Waals surface area contributed by atoms with Crippen molar-refractivity contribution in [2.24, 2.45) is 5.73 Å². The summed E-state index contributed by atoms with van der Waals surface area (Å²) in [5, 5.41) is 8.21. The van der Waals surface area contributed by atoms with E-state index in [0.717, 1.165) is 22.8 Å². The lowest BCUT2D eigenvalue weighted by atomic mass is 10.2.